The molecule has 0 radical (unpaired) electrons. The van der Waals surface area contributed by atoms with Crippen molar-refractivity contribution in [3.63, 3.8) is 0 Å². The Balaban J connectivity index is 0.000000568. The fourth-order valence-electron chi connectivity index (χ4n) is 5.38. The fourth-order valence-corrected chi connectivity index (χ4v) is 5.38. The number of carbonyl (C=O) groups excluding carboxylic acids is 1. The van der Waals surface area contributed by atoms with Crippen LogP contribution in [-0.2, 0) is 27.2 Å². The highest BCUT2D eigenvalue weighted by Crippen LogP contribution is 2.37. The molecular weight excluding hydrogens is 475 g/mol. The molecule has 4 rings (SSSR count). The number of fused-ring (bicyclic) bond motifs is 1. The van der Waals surface area contributed by atoms with Crippen LogP contribution >= 0.6 is 0 Å². The molecule has 2 aromatic carbocycles. The Kier molecular flexibility index (Phi) is 10.2. The number of hydrogen-bond acceptors (Lipinski definition) is 4. The number of benzene rings is 2. The van der Waals surface area contributed by atoms with Crippen LogP contribution in [0.3, 0.4) is 0 Å². The van der Waals surface area contributed by atoms with Crippen LogP contribution in [0.5, 0.6) is 0 Å². The smallest absolute Gasteiger partial charge is 0.414 e. The maximum atomic E-state index is 13.7. The molecule has 0 bridgehead atoms. The summed E-state index contributed by atoms with van der Waals surface area (Å²) in [6, 6.07) is 15.8. The summed E-state index contributed by atoms with van der Waals surface area (Å²) in [5, 5.41) is 14.8. The summed E-state index contributed by atoms with van der Waals surface area (Å²) in [4.78, 5) is 36.3. The van der Waals surface area contributed by atoms with Gasteiger partial charge in [0.2, 0.25) is 5.91 Å². The molecule has 0 aromatic heterocycles. The molecule has 2 aromatic rings. The summed E-state index contributed by atoms with van der Waals surface area (Å²) < 4.78 is 13.7. The van der Waals surface area contributed by atoms with Crippen LogP contribution in [0.25, 0.3) is 0 Å². The van der Waals surface area contributed by atoms with E-state index >= 15 is 0 Å². The van der Waals surface area contributed by atoms with Crippen LogP contribution in [0, 0.1) is 17.7 Å². The van der Waals surface area contributed by atoms with Crippen LogP contribution in [0.4, 0.5) is 4.39 Å². The average molecular weight is 513 g/mol. The molecule has 1 atom stereocenters. The number of amides is 1. The van der Waals surface area contributed by atoms with E-state index in [0.717, 1.165) is 62.9 Å². The van der Waals surface area contributed by atoms with Gasteiger partial charge < -0.3 is 20.0 Å². The molecule has 0 saturated carbocycles. The summed E-state index contributed by atoms with van der Waals surface area (Å²) in [5.41, 5.74) is 3.60. The Morgan fingerprint density at radius 1 is 0.973 bits per heavy atom. The number of likely N-dealkylation sites (tertiary alicyclic amines) is 1. The standard InChI is InChI=1S/C27H35FN2O.C2H2O4/c1-20(2)26-25-11-10-24(28)19-23(25)14-18-30(26)27(31)22-12-16-29(17-13-22)15-6-9-21-7-4-3-5-8-21;3-1(4)2(5)6/h3-5,7-8,10-11,19-20,22,26H,6,9,12-18H2,1-2H3;(H,3,4)(H,5,6). The lowest BCUT2D eigenvalue weighted by molar-refractivity contribution is -0.159. The molecule has 2 aliphatic heterocycles. The highest BCUT2D eigenvalue weighted by Gasteiger charge is 2.37. The number of carbonyl (C=O) groups is 3. The van der Waals surface area contributed by atoms with Crippen molar-refractivity contribution < 1.29 is 29.0 Å². The summed E-state index contributed by atoms with van der Waals surface area (Å²) in [5.74, 6) is -3.09. The van der Waals surface area contributed by atoms with Gasteiger partial charge in [-0.25, -0.2) is 14.0 Å². The first-order valence-corrected chi connectivity index (χ1v) is 13.0. The molecule has 2 heterocycles. The summed E-state index contributed by atoms with van der Waals surface area (Å²) in [6.07, 6.45) is 4.92. The van der Waals surface area contributed by atoms with Gasteiger partial charge in [0.1, 0.15) is 5.82 Å². The number of carboxylic acids is 2. The minimum absolute atomic E-state index is 0.0563. The number of rotatable bonds is 6. The minimum atomic E-state index is -1.82. The molecule has 0 spiro atoms. The van der Waals surface area contributed by atoms with E-state index < -0.39 is 11.9 Å². The van der Waals surface area contributed by atoms with Gasteiger partial charge in [0.05, 0.1) is 6.04 Å². The zero-order chi connectivity index (χ0) is 26.9. The van der Waals surface area contributed by atoms with E-state index in [9.17, 15) is 9.18 Å². The quantitative estimate of drug-likeness (QED) is 0.557. The van der Waals surface area contributed by atoms with Crippen molar-refractivity contribution >= 4 is 17.8 Å². The Labute approximate surface area is 217 Å². The molecule has 1 amide bonds. The highest BCUT2D eigenvalue weighted by molar-refractivity contribution is 6.27. The molecule has 1 unspecified atom stereocenters. The summed E-state index contributed by atoms with van der Waals surface area (Å²) >= 11 is 0. The maximum absolute atomic E-state index is 13.7. The monoisotopic (exact) mass is 512 g/mol. The lowest BCUT2D eigenvalue weighted by atomic mass is 9.84. The predicted octanol–water partition coefficient (Wildman–Crippen LogP) is 4.41. The molecule has 1 saturated heterocycles. The second-order valence-electron chi connectivity index (χ2n) is 10.1. The van der Waals surface area contributed by atoms with E-state index in [-0.39, 0.29) is 17.8 Å². The SMILES string of the molecule is CC(C)C1c2ccc(F)cc2CCN1C(=O)C1CCN(CCCc2ccccc2)CC1.O=C(O)C(=O)O. The Morgan fingerprint density at radius 2 is 1.62 bits per heavy atom. The van der Waals surface area contributed by atoms with Crippen molar-refractivity contribution in [1.82, 2.24) is 9.80 Å². The second-order valence-corrected chi connectivity index (χ2v) is 10.1. The van der Waals surface area contributed by atoms with Gasteiger partial charge in [-0.05, 0) is 86.5 Å². The molecule has 1 fully saturated rings. The summed E-state index contributed by atoms with van der Waals surface area (Å²) in [6.45, 7) is 8.15. The number of aliphatic carboxylic acids is 2. The molecule has 0 aliphatic carbocycles. The first kappa shape index (κ1) is 28.3. The van der Waals surface area contributed by atoms with Gasteiger partial charge in [0.25, 0.3) is 0 Å². The number of aryl methyl sites for hydroxylation is 1. The number of piperidine rings is 1. The van der Waals surface area contributed by atoms with Gasteiger partial charge in [0.15, 0.2) is 0 Å². The van der Waals surface area contributed by atoms with E-state index in [0.29, 0.717) is 18.4 Å². The van der Waals surface area contributed by atoms with Crippen molar-refractivity contribution in [1.29, 1.82) is 0 Å². The van der Waals surface area contributed by atoms with Gasteiger partial charge >= 0.3 is 11.9 Å². The highest BCUT2D eigenvalue weighted by atomic mass is 19.1. The van der Waals surface area contributed by atoms with Crippen molar-refractivity contribution in [2.24, 2.45) is 11.8 Å². The maximum Gasteiger partial charge on any atom is 0.414 e. The molecular formula is C29H37FN2O5. The number of hydrogen-bond donors (Lipinski definition) is 2. The van der Waals surface area contributed by atoms with Gasteiger partial charge in [-0.2, -0.15) is 0 Å². The van der Waals surface area contributed by atoms with Crippen LogP contribution < -0.4 is 0 Å². The van der Waals surface area contributed by atoms with E-state index in [1.54, 1.807) is 6.07 Å². The van der Waals surface area contributed by atoms with E-state index in [1.807, 2.05) is 6.07 Å². The first-order valence-electron chi connectivity index (χ1n) is 13.0. The van der Waals surface area contributed by atoms with Crippen molar-refractivity contribution in [2.75, 3.05) is 26.2 Å². The first-order chi connectivity index (χ1) is 17.7. The van der Waals surface area contributed by atoms with Crippen molar-refractivity contribution in [3.05, 3.63) is 71.0 Å². The van der Waals surface area contributed by atoms with Gasteiger partial charge in [0, 0.05) is 12.5 Å². The molecule has 2 aliphatic rings. The van der Waals surface area contributed by atoms with Gasteiger partial charge in [-0.15, -0.1) is 0 Å². The Bertz CT molecular complexity index is 1060. The van der Waals surface area contributed by atoms with Crippen molar-refractivity contribution in [3.8, 4) is 0 Å². The number of carboxylic acid groups (broad SMARTS) is 2. The minimum Gasteiger partial charge on any atom is -0.473 e. The van der Waals surface area contributed by atoms with Crippen molar-refractivity contribution in [2.45, 2.75) is 52.0 Å². The Hall–Kier alpha value is -3.26. The number of halogens is 1. The average Bonchev–Trinajstić information content (AvgIpc) is 2.88. The lowest BCUT2D eigenvalue weighted by Gasteiger charge is -2.42. The zero-order valence-electron chi connectivity index (χ0n) is 21.6. The summed E-state index contributed by atoms with van der Waals surface area (Å²) in [7, 11) is 0. The zero-order valence-corrected chi connectivity index (χ0v) is 21.6. The molecule has 200 valence electrons. The lowest BCUT2D eigenvalue weighted by Crippen LogP contribution is -2.47. The second kappa shape index (κ2) is 13.3. The van der Waals surface area contributed by atoms with Crippen LogP contribution in [0.15, 0.2) is 48.5 Å². The van der Waals surface area contributed by atoms with E-state index in [1.165, 1.54) is 11.6 Å². The topological polar surface area (TPSA) is 98.2 Å². The predicted molar refractivity (Wildman–Crippen MR) is 139 cm³/mol. The third kappa shape index (κ3) is 7.86. The third-order valence-corrected chi connectivity index (χ3v) is 7.20. The molecule has 2 N–H and O–H groups in total. The fraction of sp³-hybridized carbons (Fsp3) is 0.483. The van der Waals surface area contributed by atoms with Crippen LogP contribution in [-0.4, -0.2) is 64.0 Å². The third-order valence-electron chi connectivity index (χ3n) is 7.20. The van der Waals surface area contributed by atoms with E-state index in [4.69, 9.17) is 19.8 Å². The Morgan fingerprint density at radius 3 is 2.22 bits per heavy atom. The van der Waals surface area contributed by atoms with Crippen LogP contribution in [0.2, 0.25) is 0 Å². The normalized spacial score (nSPS) is 18.1. The molecule has 8 heteroatoms. The molecule has 37 heavy (non-hydrogen) atoms. The van der Waals surface area contributed by atoms with Crippen LogP contribution in [0.1, 0.15) is 55.8 Å². The van der Waals surface area contributed by atoms with Gasteiger partial charge in [-0.1, -0.05) is 50.2 Å². The van der Waals surface area contributed by atoms with E-state index in [2.05, 4.69) is 54.0 Å². The molecule has 7 nitrogen and oxygen atoms in total. The van der Waals surface area contributed by atoms with Gasteiger partial charge in [-0.3, -0.25) is 4.79 Å². The number of nitrogens with zero attached hydrogens (tertiary/aromatic N) is 2. The largest absolute Gasteiger partial charge is 0.473 e.